The maximum Gasteiger partial charge on any atom is 0.191 e. The molecule has 3 rings (SSSR count). The third-order valence-electron chi connectivity index (χ3n) is 7.76. The van der Waals surface area contributed by atoms with Crippen molar-refractivity contribution in [1.29, 1.82) is 0 Å². The summed E-state index contributed by atoms with van der Waals surface area (Å²) in [4.78, 5) is 2.46. The van der Waals surface area contributed by atoms with Gasteiger partial charge in [0.15, 0.2) is 8.32 Å². The highest BCUT2D eigenvalue weighted by Gasteiger charge is 2.37. The summed E-state index contributed by atoms with van der Waals surface area (Å²) in [5.74, 6) is 0.382. The summed E-state index contributed by atoms with van der Waals surface area (Å²) in [6.45, 7) is 16.7. The van der Waals surface area contributed by atoms with Crippen LogP contribution >= 0.6 is 11.6 Å². The summed E-state index contributed by atoms with van der Waals surface area (Å²) in [5, 5.41) is 4.63. The first kappa shape index (κ1) is 26.3. The van der Waals surface area contributed by atoms with Gasteiger partial charge >= 0.3 is 0 Å². The third kappa shape index (κ3) is 6.42. The molecule has 0 amide bonds. The molecule has 0 spiro atoms. The van der Waals surface area contributed by atoms with E-state index in [2.05, 4.69) is 93.5 Å². The molecule has 1 heterocycles. The first-order valence-electron chi connectivity index (χ1n) is 12.5. The van der Waals surface area contributed by atoms with Crippen LogP contribution in [0, 0.1) is 0 Å². The van der Waals surface area contributed by atoms with E-state index in [1.807, 2.05) is 7.05 Å². The molecule has 3 nitrogen and oxygen atoms in total. The molecule has 1 aliphatic heterocycles. The lowest BCUT2D eigenvalue weighted by atomic mass is 9.85. The predicted octanol–water partition coefficient (Wildman–Crippen LogP) is 7.05. The summed E-state index contributed by atoms with van der Waals surface area (Å²) in [6.07, 6.45) is 3.11. The van der Waals surface area contributed by atoms with Crippen molar-refractivity contribution in [2.45, 2.75) is 77.0 Å². The summed E-state index contributed by atoms with van der Waals surface area (Å²) in [5.41, 5.74) is 5.34. The molecule has 0 radical (unpaired) electrons. The van der Waals surface area contributed by atoms with Gasteiger partial charge in [0.1, 0.15) is 0 Å². The highest BCUT2D eigenvalue weighted by molar-refractivity contribution is 6.74. The lowest BCUT2D eigenvalue weighted by Gasteiger charge is -2.36. The summed E-state index contributed by atoms with van der Waals surface area (Å²) < 4.78 is 6.39. The first-order valence-corrected chi connectivity index (χ1v) is 15.7. The van der Waals surface area contributed by atoms with Gasteiger partial charge < -0.3 is 14.6 Å². The molecular weight excluding hydrogens is 444 g/mol. The Morgan fingerprint density at radius 1 is 1.15 bits per heavy atom. The number of nitrogens with one attached hydrogen (secondary N) is 1. The number of fused-ring (bicyclic) bond motifs is 1. The van der Waals surface area contributed by atoms with Crippen LogP contribution in [0.4, 0.5) is 5.69 Å². The normalized spacial score (nSPS) is 16.1. The Labute approximate surface area is 208 Å². The minimum atomic E-state index is -1.68. The van der Waals surface area contributed by atoms with E-state index in [-0.39, 0.29) is 5.04 Å². The van der Waals surface area contributed by atoms with Crippen molar-refractivity contribution in [2.24, 2.45) is 0 Å². The Hall–Kier alpha value is -1.33. The molecular formula is C28H43ClN2OSi. The maximum absolute atomic E-state index is 6.92. The van der Waals surface area contributed by atoms with Crippen molar-refractivity contribution in [2.75, 3.05) is 31.6 Å². The van der Waals surface area contributed by atoms with Crippen LogP contribution in [0.5, 0.6) is 0 Å². The van der Waals surface area contributed by atoms with Crippen LogP contribution in [0.15, 0.2) is 42.5 Å². The van der Waals surface area contributed by atoms with Crippen molar-refractivity contribution in [3.8, 4) is 0 Å². The van der Waals surface area contributed by atoms with Crippen LogP contribution in [0.1, 0.15) is 56.7 Å². The SMILES string of the molecule is CNC(C)[C@H](Cc1ccccc1)c1cc(Cl)c2c(c1)CCN2CCCO[Si](C)(C)C(C)(C)C. The highest BCUT2D eigenvalue weighted by atomic mass is 35.5. The average molecular weight is 487 g/mol. The van der Waals surface area contributed by atoms with Crippen LogP contribution in [-0.2, 0) is 17.3 Å². The Bertz CT molecular complexity index is 910. The van der Waals surface area contributed by atoms with Gasteiger partial charge in [-0.15, -0.1) is 0 Å². The van der Waals surface area contributed by atoms with Crippen molar-refractivity contribution in [1.82, 2.24) is 5.32 Å². The number of likely N-dealkylation sites (N-methyl/N-ethyl adjacent to an activating group) is 1. The monoisotopic (exact) mass is 486 g/mol. The van der Waals surface area contributed by atoms with Crippen LogP contribution in [0.25, 0.3) is 0 Å². The van der Waals surface area contributed by atoms with Gasteiger partial charge in [0, 0.05) is 31.7 Å². The van der Waals surface area contributed by atoms with Gasteiger partial charge in [0.25, 0.3) is 0 Å². The molecule has 33 heavy (non-hydrogen) atoms. The molecule has 0 saturated heterocycles. The number of nitrogens with zero attached hydrogens (tertiary/aromatic N) is 1. The molecule has 1 N–H and O–H groups in total. The first-order chi connectivity index (χ1) is 15.5. The number of benzene rings is 2. The molecule has 5 heteroatoms. The topological polar surface area (TPSA) is 24.5 Å². The van der Waals surface area contributed by atoms with E-state index in [0.717, 1.165) is 44.0 Å². The van der Waals surface area contributed by atoms with Gasteiger partial charge in [0.2, 0.25) is 0 Å². The minimum absolute atomic E-state index is 0.258. The number of halogens is 1. The summed E-state index contributed by atoms with van der Waals surface area (Å²) >= 11 is 6.92. The molecule has 1 aliphatic rings. The fraction of sp³-hybridized carbons (Fsp3) is 0.571. The molecule has 1 unspecified atom stereocenters. The Morgan fingerprint density at radius 3 is 2.48 bits per heavy atom. The zero-order valence-electron chi connectivity index (χ0n) is 21.7. The molecule has 182 valence electrons. The molecule has 2 aromatic rings. The van der Waals surface area contributed by atoms with Gasteiger partial charge in [-0.2, -0.15) is 0 Å². The van der Waals surface area contributed by atoms with E-state index in [1.54, 1.807) is 0 Å². The number of rotatable bonds is 10. The predicted molar refractivity (Wildman–Crippen MR) is 147 cm³/mol. The molecule has 0 aromatic heterocycles. The largest absolute Gasteiger partial charge is 0.417 e. The number of hydrogen-bond donors (Lipinski definition) is 1. The molecule has 0 aliphatic carbocycles. The van der Waals surface area contributed by atoms with Crippen molar-refractivity contribution < 1.29 is 4.43 Å². The van der Waals surface area contributed by atoms with Crippen LogP contribution < -0.4 is 10.2 Å². The molecule has 0 saturated carbocycles. The Kier molecular flexibility index (Phi) is 8.71. The third-order valence-corrected chi connectivity index (χ3v) is 12.6. The second-order valence-electron chi connectivity index (χ2n) is 11.1. The van der Waals surface area contributed by atoms with Crippen LogP contribution in [0.2, 0.25) is 23.2 Å². The summed E-state index contributed by atoms with van der Waals surface area (Å²) in [6, 6.07) is 15.8. The number of hydrogen-bond acceptors (Lipinski definition) is 3. The Morgan fingerprint density at radius 2 is 1.85 bits per heavy atom. The van der Waals surface area contributed by atoms with Crippen molar-refractivity contribution >= 4 is 25.6 Å². The quantitative estimate of drug-likeness (QED) is 0.287. The van der Waals surface area contributed by atoms with E-state index in [9.17, 15) is 0 Å². The van der Waals surface area contributed by atoms with E-state index in [4.69, 9.17) is 16.0 Å². The molecule has 0 bridgehead atoms. The van der Waals surface area contributed by atoms with E-state index < -0.39 is 8.32 Å². The second-order valence-corrected chi connectivity index (χ2v) is 16.3. The van der Waals surface area contributed by atoms with Gasteiger partial charge in [-0.3, -0.25) is 0 Å². The van der Waals surface area contributed by atoms with Crippen molar-refractivity contribution in [3.63, 3.8) is 0 Å². The van der Waals surface area contributed by atoms with Gasteiger partial charge in [-0.25, -0.2) is 0 Å². The van der Waals surface area contributed by atoms with Gasteiger partial charge in [-0.1, -0.05) is 68.8 Å². The van der Waals surface area contributed by atoms with Crippen LogP contribution in [0.3, 0.4) is 0 Å². The fourth-order valence-corrected chi connectivity index (χ4v) is 5.94. The van der Waals surface area contributed by atoms with E-state index >= 15 is 0 Å². The lowest BCUT2D eigenvalue weighted by molar-refractivity contribution is 0.283. The van der Waals surface area contributed by atoms with Crippen LogP contribution in [-0.4, -0.2) is 41.1 Å². The smallest absolute Gasteiger partial charge is 0.191 e. The molecule has 2 aromatic carbocycles. The van der Waals surface area contributed by atoms with E-state index in [0.29, 0.717) is 12.0 Å². The molecule has 0 fully saturated rings. The lowest BCUT2D eigenvalue weighted by Crippen LogP contribution is -2.41. The molecule has 2 atom stereocenters. The fourth-order valence-electron chi connectivity index (χ4n) is 4.48. The maximum atomic E-state index is 6.92. The minimum Gasteiger partial charge on any atom is -0.417 e. The number of anilines is 1. The highest BCUT2D eigenvalue weighted by Crippen LogP contribution is 2.40. The zero-order chi connectivity index (χ0) is 24.2. The standard InChI is InChI=1S/C28H43ClN2OSi/c1-21(30-5)25(18-22-12-9-8-10-13-22)24-19-23-14-16-31(27(23)26(29)20-24)15-11-17-32-33(6,7)28(2,3)4/h8-10,12-13,19-21,25,30H,11,14-18H2,1-7H3/t21?,25-/m0/s1. The van der Waals surface area contributed by atoms with E-state index in [1.165, 1.54) is 22.4 Å². The second kappa shape index (κ2) is 10.9. The zero-order valence-corrected chi connectivity index (χ0v) is 23.4. The van der Waals surface area contributed by atoms with Gasteiger partial charge in [0.05, 0.1) is 10.7 Å². The average Bonchev–Trinajstić information content (AvgIpc) is 3.18. The van der Waals surface area contributed by atoms with Crippen molar-refractivity contribution in [3.05, 3.63) is 64.2 Å². The van der Waals surface area contributed by atoms with Gasteiger partial charge in [-0.05, 0) is 74.1 Å². The summed E-state index contributed by atoms with van der Waals surface area (Å²) in [7, 11) is 0.365. The Balaban J connectivity index is 1.70.